The van der Waals surface area contributed by atoms with Crippen LogP contribution in [0.4, 0.5) is 4.39 Å². The lowest BCUT2D eigenvalue weighted by Gasteiger charge is -2.09. The highest BCUT2D eigenvalue weighted by Gasteiger charge is 2.08. The number of aryl methyl sites for hydroxylation is 1. The highest BCUT2D eigenvalue weighted by molar-refractivity contribution is 5.82. The van der Waals surface area contributed by atoms with Gasteiger partial charge in [0.1, 0.15) is 5.75 Å². The Morgan fingerprint density at radius 3 is 2.36 bits per heavy atom. The van der Waals surface area contributed by atoms with E-state index < -0.39 is 18.3 Å². The molecule has 7 heteroatoms. The monoisotopic (exact) mass is 346 g/mol. The summed E-state index contributed by atoms with van der Waals surface area (Å²) in [6, 6.07) is 13.1. The standard InChI is InChI=1S/C18H19FN2O4/c1-24-14-9-6-13(7-10-14)8-11-17(22)20-21-18(23)12-25-16-5-3-2-4-15(16)19/h2-7,9-10H,8,11-12H2,1H3,(H,20,22)(H,21,23). The Morgan fingerprint density at radius 2 is 1.68 bits per heavy atom. The van der Waals surface area contributed by atoms with Gasteiger partial charge in [-0.3, -0.25) is 20.4 Å². The lowest BCUT2D eigenvalue weighted by molar-refractivity contribution is -0.130. The number of para-hydroxylation sites is 1. The van der Waals surface area contributed by atoms with Crippen LogP contribution in [0.2, 0.25) is 0 Å². The van der Waals surface area contributed by atoms with Crippen molar-refractivity contribution >= 4 is 11.8 Å². The van der Waals surface area contributed by atoms with Gasteiger partial charge in [-0.2, -0.15) is 0 Å². The van der Waals surface area contributed by atoms with Crippen LogP contribution in [0.1, 0.15) is 12.0 Å². The molecule has 2 aromatic carbocycles. The van der Waals surface area contributed by atoms with E-state index in [1.807, 2.05) is 24.3 Å². The van der Waals surface area contributed by atoms with E-state index in [1.54, 1.807) is 13.2 Å². The zero-order valence-electron chi connectivity index (χ0n) is 13.8. The summed E-state index contributed by atoms with van der Waals surface area (Å²) in [6.07, 6.45) is 0.734. The Hall–Kier alpha value is -3.09. The summed E-state index contributed by atoms with van der Waals surface area (Å²) in [5, 5.41) is 0. The molecule has 0 aliphatic heterocycles. The van der Waals surface area contributed by atoms with Crippen LogP contribution >= 0.6 is 0 Å². The fourth-order valence-corrected chi connectivity index (χ4v) is 1.99. The molecular formula is C18H19FN2O4. The fourth-order valence-electron chi connectivity index (χ4n) is 1.99. The molecule has 0 spiro atoms. The molecule has 0 saturated carbocycles. The van der Waals surface area contributed by atoms with Crippen molar-refractivity contribution in [1.82, 2.24) is 10.9 Å². The third kappa shape index (κ3) is 6.14. The number of hydrogen-bond acceptors (Lipinski definition) is 4. The molecule has 0 aliphatic rings. The van der Waals surface area contributed by atoms with Gasteiger partial charge in [-0.25, -0.2) is 4.39 Å². The van der Waals surface area contributed by atoms with Crippen LogP contribution in [0.15, 0.2) is 48.5 Å². The second-order valence-electron chi connectivity index (χ2n) is 5.16. The summed E-state index contributed by atoms with van der Waals surface area (Å²) >= 11 is 0. The van der Waals surface area contributed by atoms with E-state index in [-0.39, 0.29) is 18.1 Å². The third-order valence-corrected chi connectivity index (χ3v) is 3.34. The van der Waals surface area contributed by atoms with Gasteiger partial charge in [0, 0.05) is 6.42 Å². The summed E-state index contributed by atoms with van der Waals surface area (Å²) < 4.78 is 23.4. The average Bonchev–Trinajstić information content (AvgIpc) is 2.64. The van der Waals surface area contributed by atoms with E-state index in [2.05, 4.69) is 10.9 Å². The van der Waals surface area contributed by atoms with Crippen molar-refractivity contribution in [1.29, 1.82) is 0 Å². The molecule has 2 rings (SSSR count). The van der Waals surface area contributed by atoms with Crippen molar-refractivity contribution in [3.63, 3.8) is 0 Å². The number of hydrogen-bond donors (Lipinski definition) is 2. The van der Waals surface area contributed by atoms with Crippen molar-refractivity contribution in [2.75, 3.05) is 13.7 Å². The van der Waals surface area contributed by atoms with Gasteiger partial charge in [0.15, 0.2) is 18.2 Å². The van der Waals surface area contributed by atoms with Gasteiger partial charge < -0.3 is 9.47 Å². The molecule has 0 saturated heterocycles. The van der Waals surface area contributed by atoms with Crippen molar-refractivity contribution in [3.05, 3.63) is 59.9 Å². The first-order valence-corrected chi connectivity index (χ1v) is 7.66. The predicted molar refractivity (Wildman–Crippen MR) is 89.5 cm³/mol. The molecule has 2 aromatic rings. The molecule has 0 aromatic heterocycles. The quantitative estimate of drug-likeness (QED) is 0.752. The second kappa shape index (κ2) is 9.27. The molecule has 2 N–H and O–H groups in total. The molecule has 0 bridgehead atoms. The minimum absolute atomic E-state index is 0.0246. The van der Waals surface area contributed by atoms with Gasteiger partial charge >= 0.3 is 0 Å². The SMILES string of the molecule is COc1ccc(CCC(=O)NNC(=O)COc2ccccc2F)cc1. The minimum Gasteiger partial charge on any atom is -0.497 e. The molecular weight excluding hydrogens is 327 g/mol. The molecule has 0 aliphatic carbocycles. The van der Waals surface area contributed by atoms with Crippen molar-refractivity contribution < 1.29 is 23.5 Å². The van der Waals surface area contributed by atoms with Crippen LogP contribution in [-0.2, 0) is 16.0 Å². The molecule has 0 unspecified atom stereocenters. The summed E-state index contributed by atoms with van der Waals surface area (Å²) in [5.41, 5.74) is 5.49. The fraction of sp³-hybridized carbons (Fsp3) is 0.222. The summed E-state index contributed by atoms with van der Waals surface area (Å²) in [6.45, 7) is -0.403. The number of amides is 2. The summed E-state index contributed by atoms with van der Waals surface area (Å²) in [5.74, 6) is -0.756. The number of methoxy groups -OCH3 is 1. The largest absolute Gasteiger partial charge is 0.497 e. The Bertz CT molecular complexity index is 719. The van der Waals surface area contributed by atoms with Crippen LogP contribution in [0, 0.1) is 5.82 Å². The lowest BCUT2D eigenvalue weighted by atomic mass is 10.1. The first-order chi connectivity index (χ1) is 12.1. The molecule has 0 radical (unpaired) electrons. The predicted octanol–water partition coefficient (Wildman–Crippen LogP) is 1.99. The van der Waals surface area contributed by atoms with Crippen LogP contribution < -0.4 is 20.3 Å². The summed E-state index contributed by atoms with van der Waals surface area (Å²) in [4.78, 5) is 23.3. The molecule has 25 heavy (non-hydrogen) atoms. The smallest absolute Gasteiger partial charge is 0.276 e. The van der Waals surface area contributed by atoms with Gasteiger partial charge in [0.05, 0.1) is 7.11 Å². The van der Waals surface area contributed by atoms with E-state index in [0.717, 1.165) is 11.3 Å². The van der Waals surface area contributed by atoms with Gasteiger partial charge in [-0.1, -0.05) is 24.3 Å². The Balaban J connectivity index is 1.66. The maximum absolute atomic E-state index is 13.3. The number of carbonyl (C=O) groups excluding carboxylic acids is 2. The van der Waals surface area contributed by atoms with Gasteiger partial charge in [0.25, 0.3) is 5.91 Å². The van der Waals surface area contributed by atoms with Gasteiger partial charge in [-0.15, -0.1) is 0 Å². The van der Waals surface area contributed by atoms with E-state index in [1.165, 1.54) is 18.2 Å². The number of benzene rings is 2. The number of nitrogens with one attached hydrogen (secondary N) is 2. The number of rotatable bonds is 7. The van der Waals surface area contributed by atoms with Crippen LogP contribution in [-0.4, -0.2) is 25.5 Å². The first kappa shape index (κ1) is 18.3. The van der Waals surface area contributed by atoms with Crippen molar-refractivity contribution in [2.24, 2.45) is 0 Å². The average molecular weight is 346 g/mol. The topological polar surface area (TPSA) is 76.7 Å². The van der Waals surface area contributed by atoms with E-state index in [9.17, 15) is 14.0 Å². The zero-order valence-corrected chi connectivity index (χ0v) is 13.8. The highest BCUT2D eigenvalue weighted by Crippen LogP contribution is 2.15. The van der Waals surface area contributed by atoms with Gasteiger partial charge in [-0.05, 0) is 36.2 Å². The Labute approximate surface area is 144 Å². The zero-order chi connectivity index (χ0) is 18.1. The van der Waals surface area contributed by atoms with Crippen molar-refractivity contribution in [3.8, 4) is 11.5 Å². The Morgan fingerprint density at radius 1 is 1.00 bits per heavy atom. The summed E-state index contributed by atoms with van der Waals surface area (Å²) in [7, 11) is 1.58. The third-order valence-electron chi connectivity index (χ3n) is 3.34. The number of hydrazine groups is 1. The minimum atomic E-state index is -0.582. The molecule has 0 fully saturated rings. The maximum atomic E-state index is 13.3. The molecule has 6 nitrogen and oxygen atoms in total. The number of ether oxygens (including phenoxy) is 2. The van der Waals surface area contributed by atoms with Gasteiger partial charge in [0.2, 0.25) is 5.91 Å². The number of halogens is 1. The van der Waals surface area contributed by atoms with Crippen molar-refractivity contribution in [2.45, 2.75) is 12.8 Å². The van der Waals surface area contributed by atoms with Crippen LogP contribution in [0.5, 0.6) is 11.5 Å². The maximum Gasteiger partial charge on any atom is 0.276 e. The van der Waals surface area contributed by atoms with E-state index in [0.29, 0.717) is 6.42 Å². The normalized spacial score (nSPS) is 10.0. The van der Waals surface area contributed by atoms with Crippen LogP contribution in [0.3, 0.4) is 0 Å². The van der Waals surface area contributed by atoms with E-state index >= 15 is 0 Å². The highest BCUT2D eigenvalue weighted by atomic mass is 19.1. The second-order valence-corrected chi connectivity index (χ2v) is 5.16. The Kier molecular flexibility index (Phi) is 6.76. The molecule has 0 heterocycles. The van der Waals surface area contributed by atoms with E-state index in [4.69, 9.17) is 9.47 Å². The molecule has 132 valence electrons. The number of carbonyl (C=O) groups is 2. The van der Waals surface area contributed by atoms with Crippen LogP contribution in [0.25, 0.3) is 0 Å². The molecule has 0 atom stereocenters. The molecule has 2 amide bonds. The lowest BCUT2D eigenvalue weighted by Crippen LogP contribution is -2.43. The first-order valence-electron chi connectivity index (χ1n) is 7.66.